The standard InChI is InChI=1S/C31H29N3O7S/c1-6-39-30(36)27-19(5)32-31-33(28(27)20-8-11-22(12-9-20)40-17(2)3)29(35)26(42-31)16-23-13-14-25(41-23)24-15-21(34(37)38)10-7-18(24)4/h7-17,28H,6H2,1-5H3/b26-16-/t28-/m0/s1. The van der Waals surface area contributed by atoms with Crippen LogP contribution in [0.2, 0.25) is 0 Å². The molecule has 5 rings (SSSR count). The zero-order chi connectivity index (χ0) is 30.1. The number of aromatic nitrogens is 1. The predicted octanol–water partition coefficient (Wildman–Crippen LogP) is 5.06. The maximum atomic E-state index is 13.9. The van der Waals surface area contributed by atoms with Gasteiger partial charge in [-0.05, 0) is 70.0 Å². The Hall–Kier alpha value is -4.77. The van der Waals surface area contributed by atoms with E-state index in [4.69, 9.17) is 13.9 Å². The van der Waals surface area contributed by atoms with Crippen LogP contribution >= 0.6 is 11.3 Å². The van der Waals surface area contributed by atoms with E-state index < -0.39 is 16.9 Å². The van der Waals surface area contributed by atoms with Gasteiger partial charge in [-0.2, -0.15) is 0 Å². The summed E-state index contributed by atoms with van der Waals surface area (Å²) >= 11 is 1.18. The van der Waals surface area contributed by atoms with Crippen molar-refractivity contribution in [2.24, 2.45) is 4.99 Å². The number of furan rings is 1. The summed E-state index contributed by atoms with van der Waals surface area (Å²) in [6, 6.07) is 14.5. The van der Waals surface area contributed by atoms with Crippen molar-refractivity contribution in [2.45, 2.75) is 46.8 Å². The van der Waals surface area contributed by atoms with Crippen molar-refractivity contribution in [1.82, 2.24) is 4.57 Å². The number of thiazole rings is 1. The van der Waals surface area contributed by atoms with Gasteiger partial charge in [0.25, 0.3) is 11.2 Å². The van der Waals surface area contributed by atoms with Gasteiger partial charge in [-0.3, -0.25) is 19.5 Å². The number of esters is 1. The molecule has 0 radical (unpaired) electrons. The van der Waals surface area contributed by atoms with Crippen LogP contribution in [0.4, 0.5) is 5.69 Å². The monoisotopic (exact) mass is 587 g/mol. The number of carbonyl (C=O) groups is 1. The molecule has 0 saturated heterocycles. The molecule has 0 saturated carbocycles. The summed E-state index contributed by atoms with van der Waals surface area (Å²) in [5.74, 6) is 0.974. The summed E-state index contributed by atoms with van der Waals surface area (Å²) in [5, 5.41) is 11.3. The number of nitro benzene ring substituents is 1. The molecule has 0 unspecified atom stereocenters. The van der Waals surface area contributed by atoms with Crippen LogP contribution in [0.25, 0.3) is 17.4 Å². The molecular formula is C31H29N3O7S. The molecule has 0 bridgehead atoms. The fraction of sp³-hybridized carbons (Fsp3) is 0.258. The lowest BCUT2D eigenvalue weighted by Crippen LogP contribution is -2.39. The highest BCUT2D eigenvalue weighted by atomic mass is 32.1. The van der Waals surface area contributed by atoms with Crippen molar-refractivity contribution in [3.63, 3.8) is 0 Å². The van der Waals surface area contributed by atoms with Gasteiger partial charge in [-0.25, -0.2) is 9.79 Å². The first-order chi connectivity index (χ1) is 20.1. The van der Waals surface area contributed by atoms with Gasteiger partial charge in [-0.1, -0.05) is 29.5 Å². The maximum Gasteiger partial charge on any atom is 0.338 e. The highest BCUT2D eigenvalue weighted by Gasteiger charge is 2.33. The van der Waals surface area contributed by atoms with E-state index in [9.17, 15) is 19.7 Å². The van der Waals surface area contributed by atoms with E-state index in [0.29, 0.717) is 43.4 Å². The average molecular weight is 588 g/mol. The summed E-state index contributed by atoms with van der Waals surface area (Å²) in [5.41, 5.74) is 2.48. The van der Waals surface area contributed by atoms with Crippen LogP contribution in [0, 0.1) is 17.0 Å². The lowest BCUT2D eigenvalue weighted by atomic mass is 9.96. The Morgan fingerprint density at radius 1 is 1.17 bits per heavy atom. The molecule has 10 nitrogen and oxygen atoms in total. The third-order valence-electron chi connectivity index (χ3n) is 6.68. The molecule has 0 aliphatic carbocycles. The normalized spacial score (nSPS) is 15.0. The highest BCUT2D eigenvalue weighted by Crippen LogP contribution is 2.32. The number of hydrogen-bond donors (Lipinski definition) is 0. The summed E-state index contributed by atoms with van der Waals surface area (Å²) in [4.78, 5) is 42.8. The summed E-state index contributed by atoms with van der Waals surface area (Å²) in [7, 11) is 0. The molecule has 1 atom stereocenters. The van der Waals surface area contributed by atoms with Crippen LogP contribution in [0.5, 0.6) is 5.75 Å². The van der Waals surface area contributed by atoms with E-state index in [-0.39, 0.29) is 29.5 Å². The van der Waals surface area contributed by atoms with Crippen LogP contribution in [0.3, 0.4) is 0 Å². The molecule has 0 N–H and O–H groups in total. The van der Waals surface area contributed by atoms with Crippen LogP contribution in [-0.4, -0.2) is 28.2 Å². The topological polar surface area (TPSA) is 126 Å². The van der Waals surface area contributed by atoms with Gasteiger partial charge >= 0.3 is 5.97 Å². The molecule has 0 amide bonds. The number of ether oxygens (including phenoxy) is 2. The Kier molecular flexibility index (Phi) is 7.95. The Labute approximate surface area is 245 Å². The van der Waals surface area contributed by atoms with Crippen LogP contribution in [0.1, 0.15) is 50.6 Å². The summed E-state index contributed by atoms with van der Waals surface area (Å²) < 4.78 is 19.0. The van der Waals surface area contributed by atoms with Crippen molar-refractivity contribution in [2.75, 3.05) is 6.61 Å². The van der Waals surface area contributed by atoms with E-state index in [2.05, 4.69) is 4.99 Å². The molecule has 42 heavy (non-hydrogen) atoms. The first-order valence-corrected chi connectivity index (χ1v) is 14.2. The number of nitro groups is 1. The molecule has 1 aliphatic heterocycles. The van der Waals surface area contributed by atoms with E-state index in [1.54, 1.807) is 38.1 Å². The van der Waals surface area contributed by atoms with Crippen molar-refractivity contribution in [3.05, 3.63) is 113 Å². The van der Waals surface area contributed by atoms with Crippen molar-refractivity contribution in [3.8, 4) is 17.1 Å². The molecule has 2 aromatic carbocycles. The minimum atomic E-state index is -0.754. The molecule has 0 fully saturated rings. The number of nitrogens with zero attached hydrogens (tertiary/aromatic N) is 3. The molecular weight excluding hydrogens is 558 g/mol. The third-order valence-corrected chi connectivity index (χ3v) is 7.67. The lowest BCUT2D eigenvalue weighted by molar-refractivity contribution is -0.384. The molecule has 3 heterocycles. The quantitative estimate of drug-likeness (QED) is 0.160. The van der Waals surface area contributed by atoms with E-state index >= 15 is 0 Å². The number of rotatable bonds is 8. The molecule has 11 heteroatoms. The zero-order valence-corrected chi connectivity index (χ0v) is 24.6. The fourth-order valence-electron chi connectivity index (χ4n) is 4.80. The molecule has 4 aromatic rings. The second kappa shape index (κ2) is 11.6. The molecule has 1 aliphatic rings. The number of benzene rings is 2. The van der Waals surface area contributed by atoms with Gasteiger partial charge in [-0.15, -0.1) is 0 Å². The van der Waals surface area contributed by atoms with Gasteiger partial charge in [0.1, 0.15) is 17.3 Å². The van der Waals surface area contributed by atoms with Crippen LogP contribution in [0.15, 0.2) is 80.1 Å². The minimum absolute atomic E-state index is 0.00575. The number of aryl methyl sites for hydroxylation is 1. The number of carbonyl (C=O) groups excluding carboxylic acids is 1. The summed E-state index contributed by atoms with van der Waals surface area (Å²) in [6.45, 7) is 9.34. The van der Waals surface area contributed by atoms with Gasteiger partial charge in [0.2, 0.25) is 0 Å². The maximum absolute atomic E-state index is 13.9. The average Bonchev–Trinajstić information content (AvgIpc) is 3.52. The summed E-state index contributed by atoms with van der Waals surface area (Å²) in [6.07, 6.45) is 1.61. The van der Waals surface area contributed by atoms with Gasteiger partial charge < -0.3 is 13.9 Å². The fourth-order valence-corrected chi connectivity index (χ4v) is 5.83. The number of fused-ring (bicyclic) bond motifs is 1. The van der Waals surface area contributed by atoms with E-state index in [1.165, 1.54) is 28.0 Å². The van der Waals surface area contributed by atoms with Crippen molar-refractivity contribution < 1.29 is 23.6 Å². The second-order valence-electron chi connectivity index (χ2n) is 10.00. The van der Waals surface area contributed by atoms with Gasteiger partial charge in [0, 0.05) is 23.8 Å². The lowest BCUT2D eigenvalue weighted by Gasteiger charge is -2.25. The Morgan fingerprint density at radius 2 is 1.90 bits per heavy atom. The Morgan fingerprint density at radius 3 is 2.57 bits per heavy atom. The van der Waals surface area contributed by atoms with Crippen LogP contribution < -0.4 is 19.6 Å². The largest absolute Gasteiger partial charge is 0.491 e. The predicted molar refractivity (Wildman–Crippen MR) is 158 cm³/mol. The third kappa shape index (κ3) is 5.55. The van der Waals surface area contributed by atoms with E-state index in [0.717, 1.165) is 5.56 Å². The minimum Gasteiger partial charge on any atom is -0.491 e. The Balaban J connectivity index is 1.60. The van der Waals surface area contributed by atoms with Gasteiger partial charge in [0.05, 0.1) is 39.5 Å². The number of non-ortho nitro benzene ring substituents is 1. The Bertz CT molecular complexity index is 1900. The molecule has 0 spiro atoms. The van der Waals surface area contributed by atoms with Gasteiger partial charge in [0.15, 0.2) is 4.80 Å². The smallest absolute Gasteiger partial charge is 0.338 e. The molecule has 2 aromatic heterocycles. The van der Waals surface area contributed by atoms with E-state index in [1.807, 2.05) is 45.0 Å². The van der Waals surface area contributed by atoms with Crippen molar-refractivity contribution in [1.29, 1.82) is 0 Å². The number of allylic oxidation sites excluding steroid dienone is 1. The second-order valence-corrected chi connectivity index (χ2v) is 11.0. The van der Waals surface area contributed by atoms with Crippen LogP contribution in [-0.2, 0) is 9.53 Å². The van der Waals surface area contributed by atoms with Crippen molar-refractivity contribution >= 4 is 29.1 Å². The highest BCUT2D eigenvalue weighted by molar-refractivity contribution is 7.07. The zero-order valence-electron chi connectivity index (χ0n) is 23.7. The SMILES string of the molecule is CCOC(=O)C1=C(C)N=c2s/c(=C\c3ccc(-c4cc([N+](=O)[O-])ccc4C)o3)c(=O)n2[C@H]1c1ccc(OC(C)C)cc1. The number of hydrogen-bond acceptors (Lipinski definition) is 9. The first kappa shape index (κ1) is 28.7. The first-order valence-electron chi connectivity index (χ1n) is 13.4. The molecule has 216 valence electrons.